The van der Waals surface area contributed by atoms with E-state index in [2.05, 4.69) is 20.6 Å². The van der Waals surface area contributed by atoms with Crippen LogP contribution in [0, 0.1) is 0 Å². The zero-order valence-electron chi connectivity index (χ0n) is 15.5. The van der Waals surface area contributed by atoms with Gasteiger partial charge in [0.15, 0.2) is 5.96 Å². The Morgan fingerprint density at radius 3 is 2.37 bits per heavy atom. The van der Waals surface area contributed by atoms with Crippen molar-refractivity contribution in [3.05, 3.63) is 59.3 Å². The third-order valence-electron chi connectivity index (χ3n) is 3.55. The molecule has 8 heteroatoms. The number of nitrogens with zero attached hydrogens (tertiary/aromatic N) is 2. The molecule has 5 nitrogen and oxygen atoms in total. The van der Waals surface area contributed by atoms with Crippen molar-refractivity contribution in [3.63, 3.8) is 0 Å². The maximum atomic E-state index is 12.8. The van der Waals surface area contributed by atoms with Crippen LogP contribution in [0.25, 0.3) is 0 Å². The second-order valence-electron chi connectivity index (χ2n) is 6.15. The smallest absolute Gasteiger partial charge is 0.416 e. The van der Waals surface area contributed by atoms with E-state index >= 15 is 0 Å². The highest BCUT2D eigenvalue weighted by Gasteiger charge is 2.30. The summed E-state index contributed by atoms with van der Waals surface area (Å²) in [4.78, 5) is 8.29. The fourth-order valence-electron chi connectivity index (χ4n) is 2.28. The number of halogens is 3. The number of benzene rings is 1. The zero-order valence-corrected chi connectivity index (χ0v) is 15.5. The van der Waals surface area contributed by atoms with E-state index < -0.39 is 11.7 Å². The van der Waals surface area contributed by atoms with Gasteiger partial charge in [-0.1, -0.05) is 18.2 Å². The van der Waals surface area contributed by atoms with Gasteiger partial charge in [-0.15, -0.1) is 0 Å². The standard InChI is InChI=1S/C19H23F3N4O/c1-13(2)27-17-8-7-15(11-24-17)12-26-18(23-3)25-10-14-5-4-6-16(9-14)19(20,21)22/h4-9,11,13H,10,12H2,1-3H3,(H2,23,25,26). The normalized spacial score (nSPS) is 12.2. The van der Waals surface area contributed by atoms with Crippen LogP contribution in [0.2, 0.25) is 0 Å². The minimum atomic E-state index is -4.35. The summed E-state index contributed by atoms with van der Waals surface area (Å²) in [5, 5.41) is 6.10. The van der Waals surface area contributed by atoms with Crippen molar-refractivity contribution in [1.29, 1.82) is 0 Å². The predicted octanol–water partition coefficient (Wildman–Crippen LogP) is 3.75. The van der Waals surface area contributed by atoms with Gasteiger partial charge in [-0.2, -0.15) is 13.2 Å². The van der Waals surface area contributed by atoms with E-state index in [1.807, 2.05) is 19.9 Å². The van der Waals surface area contributed by atoms with Crippen LogP contribution < -0.4 is 15.4 Å². The van der Waals surface area contributed by atoms with E-state index in [0.29, 0.717) is 23.9 Å². The molecule has 0 saturated carbocycles. The summed E-state index contributed by atoms with van der Waals surface area (Å²) < 4.78 is 43.8. The summed E-state index contributed by atoms with van der Waals surface area (Å²) in [5.41, 5.74) is 0.775. The molecule has 0 spiro atoms. The average Bonchev–Trinajstić information content (AvgIpc) is 2.62. The topological polar surface area (TPSA) is 58.5 Å². The summed E-state index contributed by atoms with van der Waals surface area (Å²) in [6, 6.07) is 8.87. The highest BCUT2D eigenvalue weighted by atomic mass is 19.4. The molecule has 0 aliphatic heterocycles. The molecular weight excluding hydrogens is 357 g/mol. The Bertz CT molecular complexity index is 758. The van der Waals surface area contributed by atoms with E-state index in [9.17, 15) is 13.2 Å². The van der Waals surface area contributed by atoms with E-state index in [-0.39, 0.29) is 12.6 Å². The molecular formula is C19H23F3N4O. The van der Waals surface area contributed by atoms with E-state index in [4.69, 9.17) is 4.74 Å². The largest absolute Gasteiger partial charge is 0.475 e. The minimum absolute atomic E-state index is 0.0559. The zero-order chi connectivity index (χ0) is 19.9. The molecule has 27 heavy (non-hydrogen) atoms. The molecule has 146 valence electrons. The third kappa shape index (κ3) is 6.80. The molecule has 1 heterocycles. The van der Waals surface area contributed by atoms with Crippen LogP contribution in [0.3, 0.4) is 0 Å². The minimum Gasteiger partial charge on any atom is -0.475 e. The van der Waals surface area contributed by atoms with Crippen LogP contribution in [0.15, 0.2) is 47.6 Å². The van der Waals surface area contributed by atoms with Gasteiger partial charge >= 0.3 is 6.18 Å². The van der Waals surface area contributed by atoms with Gasteiger partial charge in [0.05, 0.1) is 11.7 Å². The van der Waals surface area contributed by atoms with Crippen molar-refractivity contribution in [3.8, 4) is 5.88 Å². The van der Waals surface area contributed by atoms with Crippen molar-refractivity contribution >= 4 is 5.96 Å². The van der Waals surface area contributed by atoms with Crippen molar-refractivity contribution < 1.29 is 17.9 Å². The summed E-state index contributed by atoms with van der Waals surface area (Å²) in [7, 11) is 1.60. The van der Waals surface area contributed by atoms with Crippen LogP contribution in [-0.2, 0) is 19.3 Å². The molecule has 0 fully saturated rings. The van der Waals surface area contributed by atoms with Gasteiger partial charge in [0, 0.05) is 32.4 Å². The molecule has 0 unspecified atom stereocenters. The molecule has 0 aliphatic carbocycles. The lowest BCUT2D eigenvalue weighted by Gasteiger charge is -2.13. The van der Waals surface area contributed by atoms with Crippen molar-refractivity contribution in [1.82, 2.24) is 15.6 Å². The van der Waals surface area contributed by atoms with Crippen molar-refractivity contribution in [2.45, 2.75) is 39.2 Å². The Hall–Kier alpha value is -2.77. The van der Waals surface area contributed by atoms with Gasteiger partial charge in [-0.3, -0.25) is 4.99 Å². The number of alkyl halides is 3. The van der Waals surface area contributed by atoms with Crippen LogP contribution in [0.4, 0.5) is 13.2 Å². The lowest BCUT2D eigenvalue weighted by molar-refractivity contribution is -0.137. The molecule has 0 aliphatic rings. The number of hydrogen-bond acceptors (Lipinski definition) is 3. The molecule has 0 atom stereocenters. The van der Waals surface area contributed by atoms with E-state index in [0.717, 1.165) is 17.7 Å². The van der Waals surface area contributed by atoms with Gasteiger partial charge < -0.3 is 15.4 Å². The Kier molecular flexibility index (Phi) is 7.04. The number of pyridine rings is 1. The first-order chi connectivity index (χ1) is 12.8. The quantitative estimate of drug-likeness (QED) is 0.592. The van der Waals surface area contributed by atoms with Gasteiger partial charge in [-0.25, -0.2) is 4.98 Å². The number of aromatic nitrogens is 1. The highest BCUT2D eigenvalue weighted by Crippen LogP contribution is 2.29. The molecule has 2 rings (SSSR count). The van der Waals surface area contributed by atoms with Gasteiger partial charge in [0.1, 0.15) is 0 Å². The SMILES string of the molecule is CN=C(NCc1ccc(OC(C)C)nc1)NCc1cccc(C(F)(F)F)c1. The number of guanidine groups is 1. The summed E-state index contributed by atoms with van der Waals surface area (Å²) >= 11 is 0. The molecule has 2 N–H and O–H groups in total. The van der Waals surface area contributed by atoms with Crippen molar-refractivity contribution in [2.24, 2.45) is 4.99 Å². The lowest BCUT2D eigenvalue weighted by atomic mass is 10.1. The fraction of sp³-hybridized carbons (Fsp3) is 0.368. The molecule has 2 aromatic rings. The maximum absolute atomic E-state index is 12.8. The first kappa shape index (κ1) is 20.5. The summed E-state index contributed by atoms with van der Waals surface area (Å²) in [6.07, 6.45) is -2.60. The van der Waals surface area contributed by atoms with Gasteiger partial charge in [0.2, 0.25) is 5.88 Å². The Morgan fingerprint density at radius 1 is 1.11 bits per heavy atom. The lowest BCUT2D eigenvalue weighted by Crippen LogP contribution is -2.36. The number of aliphatic imine (C=N–C) groups is 1. The van der Waals surface area contributed by atoms with E-state index in [1.165, 1.54) is 6.07 Å². The predicted molar refractivity (Wildman–Crippen MR) is 98.5 cm³/mol. The number of rotatable bonds is 6. The molecule has 0 amide bonds. The molecule has 0 saturated heterocycles. The third-order valence-corrected chi connectivity index (χ3v) is 3.55. The monoisotopic (exact) mass is 380 g/mol. The summed E-state index contributed by atoms with van der Waals surface area (Å²) in [5.74, 6) is 1.04. The number of ether oxygens (including phenoxy) is 1. The molecule has 0 bridgehead atoms. The average molecular weight is 380 g/mol. The highest BCUT2D eigenvalue weighted by molar-refractivity contribution is 5.79. The first-order valence-corrected chi connectivity index (χ1v) is 8.50. The Labute approximate surface area is 156 Å². The van der Waals surface area contributed by atoms with Gasteiger partial charge in [-0.05, 0) is 37.1 Å². The molecule has 0 radical (unpaired) electrons. The Morgan fingerprint density at radius 2 is 1.81 bits per heavy atom. The van der Waals surface area contributed by atoms with E-state index in [1.54, 1.807) is 25.4 Å². The number of nitrogens with one attached hydrogen (secondary N) is 2. The first-order valence-electron chi connectivity index (χ1n) is 8.50. The maximum Gasteiger partial charge on any atom is 0.416 e. The number of hydrogen-bond donors (Lipinski definition) is 2. The van der Waals surface area contributed by atoms with Gasteiger partial charge in [0.25, 0.3) is 0 Å². The molecule has 1 aromatic heterocycles. The fourth-order valence-corrected chi connectivity index (χ4v) is 2.28. The van der Waals surface area contributed by atoms with Crippen LogP contribution in [0.5, 0.6) is 5.88 Å². The second-order valence-corrected chi connectivity index (χ2v) is 6.15. The van der Waals surface area contributed by atoms with Crippen LogP contribution >= 0.6 is 0 Å². The Balaban J connectivity index is 1.87. The second kappa shape index (κ2) is 9.25. The van der Waals surface area contributed by atoms with Crippen LogP contribution in [0.1, 0.15) is 30.5 Å². The summed E-state index contributed by atoms with van der Waals surface area (Å²) in [6.45, 7) is 4.55. The van der Waals surface area contributed by atoms with Crippen molar-refractivity contribution in [2.75, 3.05) is 7.05 Å². The molecule has 1 aromatic carbocycles. The van der Waals surface area contributed by atoms with Crippen LogP contribution in [-0.4, -0.2) is 24.1 Å².